The fourth-order valence-electron chi connectivity index (χ4n) is 4.14. The standard InChI is InChI=1S/C25H36N4O5S2/c1-19-14-16-28(17-15-19)22-8-6-21(7-9-22)20(2)26-25(30)18-29(35(5,31)32)23-10-12-24(13-11-23)36(33,34)27(3)4/h6-13,19-20H,14-18H2,1-5H3,(H,26,30). The molecule has 36 heavy (non-hydrogen) atoms. The van der Waals surface area contributed by atoms with Gasteiger partial charge in [-0.15, -0.1) is 0 Å². The van der Waals surface area contributed by atoms with Crippen molar-refractivity contribution in [1.29, 1.82) is 0 Å². The average Bonchev–Trinajstić information content (AvgIpc) is 2.82. The van der Waals surface area contributed by atoms with E-state index in [4.69, 9.17) is 0 Å². The number of hydrogen-bond acceptors (Lipinski definition) is 6. The molecule has 1 N–H and O–H groups in total. The molecule has 0 bridgehead atoms. The van der Waals surface area contributed by atoms with E-state index in [2.05, 4.69) is 29.3 Å². The van der Waals surface area contributed by atoms with E-state index in [1.165, 1.54) is 51.2 Å². The van der Waals surface area contributed by atoms with Crippen molar-refractivity contribution in [2.24, 2.45) is 5.92 Å². The highest BCUT2D eigenvalue weighted by molar-refractivity contribution is 7.92. The number of piperidine rings is 1. The van der Waals surface area contributed by atoms with Gasteiger partial charge in [-0.2, -0.15) is 0 Å². The smallest absolute Gasteiger partial charge is 0.242 e. The fraction of sp³-hybridized carbons (Fsp3) is 0.480. The SMILES string of the molecule is CC1CCN(c2ccc(C(C)NC(=O)CN(c3ccc(S(=O)(=O)N(C)C)cc3)S(C)(=O)=O)cc2)CC1. The molecule has 1 aliphatic rings. The lowest BCUT2D eigenvalue weighted by molar-refractivity contribution is -0.120. The van der Waals surface area contributed by atoms with Gasteiger partial charge in [-0.05, 0) is 67.6 Å². The third-order valence-electron chi connectivity index (χ3n) is 6.51. The Bertz CT molecular complexity index is 1250. The number of carbonyl (C=O) groups excluding carboxylic acids is 1. The largest absolute Gasteiger partial charge is 0.372 e. The van der Waals surface area contributed by atoms with Crippen LogP contribution in [0.4, 0.5) is 11.4 Å². The van der Waals surface area contributed by atoms with Crippen LogP contribution < -0.4 is 14.5 Å². The molecular weight excluding hydrogens is 500 g/mol. The Morgan fingerprint density at radius 1 is 1.00 bits per heavy atom. The molecule has 1 unspecified atom stereocenters. The lowest BCUT2D eigenvalue weighted by Crippen LogP contribution is -2.41. The van der Waals surface area contributed by atoms with Crippen molar-refractivity contribution in [3.05, 3.63) is 54.1 Å². The quantitative estimate of drug-likeness (QED) is 0.528. The summed E-state index contributed by atoms with van der Waals surface area (Å²) in [4.78, 5) is 15.2. The molecule has 1 amide bonds. The average molecular weight is 537 g/mol. The molecular formula is C25H36N4O5S2. The topological polar surface area (TPSA) is 107 Å². The fourth-order valence-corrected chi connectivity index (χ4v) is 5.89. The number of sulfonamides is 2. The van der Waals surface area contributed by atoms with Gasteiger partial charge in [0, 0.05) is 32.9 Å². The van der Waals surface area contributed by atoms with Gasteiger partial charge in [0.15, 0.2) is 0 Å². The minimum Gasteiger partial charge on any atom is -0.372 e. The van der Waals surface area contributed by atoms with Crippen LogP contribution in [0.5, 0.6) is 0 Å². The number of hydrogen-bond donors (Lipinski definition) is 1. The highest BCUT2D eigenvalue weighted by Gasteiger charge is 2.24. The van der Waals surface area contributed by atoms with E-state index < -0.39 is 32.5 Å². The zero-order chi connectivity index (χ0) is 26.7. The van der Waals surface area contributed by atoms with Crippen molar-refractivity contribution in [3.8, 4) is 0 Å². The molecule has 1 atom stereocenters. The van der Waals surface area contributed by atoms with Gasteiger partial charge in [0.1, 0.15) is 6.54 Å². The predicted molar refractivity (Wildman–Crippen MR) is 143 cm³/mol. The van der Waals surface area contributed by atoms with Crippen molar-refractivity contribution < 1.29 is 21.6 Å². The van der Waals surface area contributed by atoms with Gasteiger partial charge >= 0.3 is 0 Å². The van der Waals surface area contributed by atoms with Crippen LogP contribution in [-0.4, -0.2) is 67.0 Å². The maximum Gasteiger partial charge on any atom is 0.242 e. The first-order valence-corrected chi connectivity index (χ1v) is 15.2. The number of amides is 1. The Morgan fingerprint density at radius 2 is 1.56 bits per heavy atom. The Balaban J connectivity index is 1.67. The molecule has 11 heteroatoms. The van der Waals surface area contributed by atoms with Crippen molar-refractivity contribution in [2.75, 3.05) is 49.2 Å². The maximum atomic E-state index is 12.8. The second kappa shape index (κ2) is 11.2. The molecule has 1 aliphatic heterocycles. The van der Waals surface area contributed by atoms with Gasteiger partial charge in [0.2, 0.25) is 26.0 Å². The Labute approximate surface area is 215 Å². The Hall–Kier alpha value is -2.63. The molecule has 1 saturated heterocycles. The molecule has 0 spiro atoms. The van der Waals surface area contributed by atoms with E-state index >= 15 is 0 Å². The van der Waals surface area contributed by atoms with Crippen molar-refractivity contribution >= 4 is 37.3 Å². The third kappa shape index (κ3) is 6.77. The van der Waals surface area contributed by atoms with Gasteiger partial charge < -0.3 is 10.2 Å². The summed E-state index contributed by atoms with van der Waals surface area (Å²) >= 11 is 0. The third-order valence-corrected chi connectivity index (χ3v) is 9.48. The van der Waals surface area contributed by atoms with Gasteiger partial charge in [0.05, 0.1) is 22.9 Å². The molecule has 0 aliphatic carbocycles. The van der Waals surface area contributed by atoms with E-state index in [1.807, 2.05) is 19.1 Å². The van der Waals surface area contributed by atoms with Crippen LogP contribution in [-0.2, 0) is 24.8 Å². The van der Waals surface area contributed by atoms with Crippen LogP contribution >= 0.6 is 0 Å². The lowest BCUT2D eigenvalue weighted by Gasteiger charge is -2.32. The zero-order valence-electron chi connectivity index (χ0n) is 21.5. The monoisotopic (exact) mass is 536 g/mol. The van der Waals surface area contributed by atoms with Crippen LogP contribution in [0.2, 0.25) is 0 Å². The Kier molecular flexibility index (Phi) is 8.68. The summed E-state index contributed by atoms with van der Waals surface area (Å²) in [5, 5.41) is 2.86. The van der Waals surface area contributed by atoms with Crippen molar-refractivity contribution in [3.63, 3.8) is 0 Å². The highest BCUT2D eigenvalue weighted by atomic mass is 32.2. The maximum absolute atomic E-state index is 12.8. The molecule has 1 fully saturated rings. The summed E-state index contributed by atoms with van der Waals surface area (Å²) in [5.41, 5.74) is 2.28. The summed E-state index contributed by atoms with van der Waals surface area (Å²) in [7, 11) is -4.62. The molecule has 198 valence electrons. The summed E-state index contributed by atoms with van der Waals surface area (Å²) < 4.78 is 51.5. The van der Waals surface area contributed by atoms with Crippen LogP contribution in [0, 0.1) is 5.92 Å². The van der Waals surface area contributed by atoms with E-state index in [0.29, 0.717) is 0 Å². The number of benzene rings is 2. The van der Waals surface area contributed by atoms with Crippen LogP contribution in [0.3, 0.4) is 0 Å². The number of anilines is 2. The van der Waals surface area contributed by atoms with Crippen LogP contribution in [0.15, 0.2) is 53.4 Å². The second-order valence-electron chi connectivity index (χ2n) is 9.60. The highest BCUT2D eigenvalue weighted by Crippen LogP contribution is 2.25. The number of nitrogens with one attached hydrogen (secondary N) is 1. The summed E-state index contributed by atoms with van der Waals surface area (Å²) in [6.45, 7) is 5.78. The van der Waals surface area contributed by atoms with Crippen molar-refractivity contribution in [1.82, 2.24) is 9.62 Å². The van der Waals surface area contributed by atoms with Gasteiger partial charge in [0.25, 0.3) is 0 Å². The first kappa shape index (κ1) is 27.9. The van der Waals surface area contributed by atoms with E-state index in [-0.39, 0.29) is 16.6 Å². The number of rotatable bonds is 9. The normalized spacial score (nSPS) is 16.1. The molecule has 1 heterocycles. The predicted octanol–water partition coefficient (Wildman–Crippen LogP) is 2.82. The summed E-state index contributed by atoms with van der Waals surface area (Å²) in [6, 6.07) is 13.2. The van der Waals surface area contributed by atoms with Gasteiger partial charge in [-0.3, -0.25) is 9.10 Å². The molecule has 0 saturated carbocycles. The van der Waals surface area contributed by atoms with Crippen LogP contribution in [0.25, 0.3) is 0 Å². The summed E-state index contributed by atoms with van der Waals surface area (Å²) in [6.07, 6.45) is 3.37. The van der Waals surface area contributed by atoms with Crippen LogP contribution in [0.1, 0.15) is 38.3 Å². The number of nitrogens with zero attached hydrogens (tertiary/aromatic N) is 3. The zero-order valence-corrected chi connectivity index (χ0v) is 23.1. The Morgan fingerprint density at radius 3 is 2.06 bits per heavy atom. The lowest BCUT2D eigenvalue weighted by atomic mass is 9.98. The van der Waals surface area contributed by atoms with Gasteiger partial charge in [-0.1, -0.05) is 19.1 Å². The van der Waals surface area contributed by atoms with Crippen molar-refractivity contribution in [2.45, 2.75) is 37.6 Å². The first-order valence-electron chi connectivity index (χ1n) is 11.9. The molecule has 0 aromatic heterocycles. The molecule has 2 aromatic rings. The second-order valence-corrected chi connectivity index (χ2v) is 13.7. The molecule has 9 nitrogen and oxygen atoms in total. The van der Waals surface area contributed by atoms with Gasteiger partial charge in [-0.25, -0.2) is 21.1 Å². The molecule has 2 aromatic carbocycles. The van der Waals surface area contributed by atoms with E-state index in [1.54, 1.807) is 0 Å². The molecule has 0 radical (unpaired) electrons. The number of carbonyl (C=O) groups is 1. The molecule has 3 rings (SSSR count). The minimum atomic E-state index is -3.79. The summed E-state index contributed by atoms with van der Waals surface area (Å²) in [5.74, 6) is 0.290. The first-order chi connectivity index (χ1) is 16.8. The van der Waals surface area contributed by atoms with E-state index in [9.17, 15) is 21.6 Å². The van der Waals surface area contributed by atoms with E-state index in [0.717, 1.165) is 45.1 Å². The minimum absolute atomic E-state index is 0.0327.